The Hall–Kier alpha value is -4.12. The normalized spacial score (nSPS) is 12.8. The number of ether oxygens (including phenoxy) is 1. The summed E-state index contributed by atoms with van der Waals surface area (Å²) in [6.07, 6.45) is 3.38. The van der Waals surface area contributed by atoms with Gasteiger partial charge in [-0.2, -0.15) is 5.26 Å². The summed E-state index contributed by atoms with van der Waals surface area (Å²) in [7, 11) is 0. The second kappa shape index (κ2) is 7.13. The molecular weight excluding hydrogens is 374 g/mol. The maximum Gasteiger partial charge on any atom is 0.343 e. The van der Waals surface area contributed by atoms with Gasteiger partial charge in [0, 0.05) is 12.4 Å². The van der Waals surface area contributed by atoms with E-state index >= 15 is 0 Å². The van der Waals surface area contributed by atoms with Gasteiger partial charge in [0.1, 0.15) is 29.6 Å². The largest absolute Gasteiger partial charge is 0.460 e. The molecule has 1 aliphatic rings. The van der Waals surface area contributed by atoms with E-state index in [9.17, 15) is 19.6 Å². The van der Waals surface area contributed by atoms with Crippen LogP contribution >= 0.6 is 0 Å². The average molecular weight is 389 g/mol. The van der Waals surface area contributed by atoms with E-state index in [0.717, 1.165) is 4.90 Å². The first kappa shape index (κ1) is 18.3. The highest BCUT2D eigenvalue weighted by Crippen LogP contribution is 2.26. The number of furan rings is 1. The van der Waals surface area contributed by atoms with E-state index in [1.165, 1.54) is 0 Å². The standard InChI is InChI=1S/C21H15N3O5/c1-13-17(16(12-22)20(29-13)23-8-4-5-9-23)21(27)28-11-10-24-18(25)14-6-2-3-7-15(14)19(24)26/h2-9H,10-11H2,1H3. The van der Waals surface area contributed by atoms with Crippen molar-refractivity contribution in [3.63, 3.8) is 0 Å². The van der Waals surface area contributed by atoms with Crippen molar-refractivity contribution in [3.8, 4) is 12.0 Å². The number of fused-ring (bicyclic) bond motifs is 1. The quantitative estimate of drug-likeness (QED) is 0.491. The molecule has 0 bridgehead atoms. The number of aromatic nitrogens is 1. The Balaban J connectivity index is 1.47. The summed E-state index contributed by atoms with van der Waals surface area (Å²) in [5.41, 5.74) is 0.748. The molecule has 2 aromatic heterocycles. The first-order valence-electron chi connectivity index (χ1n) is 8.82. The molecule has 0 saturated carbocycles. The lowest BCUT2D eigenvalue weighted by molar-refractivity contribution is 0.0418. The second-order valence-corrected chi connectivity index (χ2v) is 6.36. The van der Waals surface area contributed by atoms with Gasteiger partial charge in [0.2, 0.25) is 5.88 Å². The number of benzene rings is 1. The fourth-order valence-electron chi connectivity index (χ4n) is 3.28. The fourth-order valence-corrected chi connectivity index (χ4v) is 3.28. The van der Waals surface area contributed by atoms with Crippen LogP contribution in [0.2, 0.25) is 0 Å². The Morgan fingerprint density at radius 2 is 1.72 bits per heavy atom. The lowest BCUT2D eigenvalue weighted by atomic mass is 10.1. The van der Waals surface area contributed by atoms with E-state index in [2.05, 4.69) is 0 Å². The molecule has 2 amide bonds. The zero-order chi connectivity index (χ0) is 20.5. The smallest absolute Gasteiger partial charge is 0.343 e. The number of aryl methyl sites for hydroxylation is 1. The molecule has 3 aromatic rings. The fraction of sp³-hybridized carbons (Fsp3) is 0.143. The van der Waals surface area contributed by atoms with Crippen molar-refractivity contribution >= 4 is 17.8 Å². The number of imide groups is 1. The van der Waals surface area contributed by atoms with Gasteiger partial charge in [0.25, 0.3) is 11.8 Å². The van der Waals surface area contributed by atoms with Crippen molar-refractivity contribution < 1.29 is 23.5 Å². The van der Waals surface area contributed by atoms with E-state index in [0.29, 0.717) is 11.1 Å². The Bertz CT molecular complexity index is 1130. The van der Waals surface area contributed by atoms with Gasteiger partial charge < -0.3 is 9.15 Å². The number of esters is 1. The molecule has 144 valence electrons. The van der Waals surface area contributed by atoms with Gasteiger partial charge in [-0.3, -0.25) is 19.1 Å². The minimum absolute atomic E-state index is 0.0264. The molecule has 0 N–H and O–H groups in total. The summed E-state index contributed by atoms with van der Waals surface area (Å²) >= 11 is 0. The first-order chi connectivity index (χ1) is 14.0. The summed E-state index contributed by atoms with van der Waals surface area (Å²) in [5, 5.41) is 9.50. The van der Waals surface area contributed by atoms with Crippen molar-refractivity contribution in [2.24, 2.45) is 0 Å². The molecule has 0 aliphatic carbocycles. The highest BCUT2D eigenvalue weighted by atomic mass is 16.5. The number of nitrogens with zero attached hydrogens (tertiary/aromatic N) is 3. The molecule has 0 atom stereocenters. The molecule has 0 unspecified atom stereocenters. The van der Waals surface area contributed by atoms with Crippen molar-refractivity contribution in [2.45, 2.75) is 6.92 Å². The lowest BCUT2D eigenvalue weighted by Gasteiger charge is -2.13. The maximum absolute atomic E-state index is 12.6. The SMILES string of the molecule is Cc1oc(-n2cccc2)c(C#N)c1C(=O)OCCN1C(=O)c2ccccc2C1=O. The van der Waals surface area contributed by atoms with E-state index < -0.39 is 17.8 Å². The summed E-state index contributed by atoms with van der Waals surface area (Å²) in [6.45, 7) is 1.29. The number of hydrogen-bond donors (Lipinski definition) is 0. The molecule has 8 nitrogen and oxygen atoms in total. The second-order valence-electron chi connectivity index (χ2n) is 6.36. The number of amides is 2. The Morgan fingerprint density at radius 3 is 2.31 bits per heavy atom. The van der Waals surface area contributed by atoms with Crippen molar-refractivity contribution in [2.75, 3.05) is 13.2 Å². The predicted octanol–water partition coefficient (Wildman–Crippen LogP) is 2.70. The van der Waals surface area contributed by atoms with Crippen LogP contribution in [0.3, 0.4) is 0 Å². The van der Waals surface area contributed by atoms with Gasteiger partial charge in [-0.05, 0) is 31.2 Å². The summed E-state index contributed by atoms with van der Waals surface area (Å²) < 4.78 is 12.4. The van der Waals surface area contributed by atoms with Crippen LogP contribution in [-0.4, -0.2) is 40.4 Å². The van der Waals surface area contributed by atoms with Crippen LogP contribution in [-0.2, 0) is 4.74 Å². The topological polar surface area (TPSA) is 106 Å². The number of nitriles is 1. The van der Waals surface area contributed by atoms with Crippen LogP contribution in [0, 0.1) is 18.3 Å². The van der Waals surface area contributed by atoms with Crippen molar-refractivity contribution in [3.05, 3.63) is 76.8 Å². The van der Waals surface area contributed by atoms with Gasteiger partial charge in [-0.25, -0.2) is 4.79 Å². The highest BCUT2D eigenvalue weighted by Gasteiger charge is 2.35. The molecule has 3 heterocycles. The van der Waals surface area contributed by atoms with Crippen molar-refractivity contribution in [1.29, 1.82) is 5.26 Å². The lowest BCUT2D eigenvalue weighted by Crippen LogP contribution is -2.33. The molecule has 0 fully saturated rings. The third-order valence-electron chi connectivity index (χ3n) is 4.65. The number of hydrogen-bond acceptors (Lipinski definition) is 6. The maximum atomic E-state index is 12.6. The third kappa shape index (κ3) is 2.99. The predicted molar refractivity (Wildman–Crippen MR) is 99.6 cm³/mol. The van der Waals surface area contributed by atoms with Crippen LogP contribution in [0.1, 0.15) is 42.4 Å². The average Bonchev–Trinajstić information content (AvgIpc) is 3.42. The zero-order valence-corrected chi connectivity index (χ0v) is 15.4. The van der Waals surface area contributed by atoms with Crippen LogP contribution in [0.15, 0.2) is 53.2 Å². The molecule has 0 saturated heterocycles. The van der Waals surface area contributed by atoms with Gasteiger partial charge in [-0.15, -0.1) is 0 Å². The van der Waals surface area contributed by atoms with Crippen LogP contribution in [0.25, 0.3) is 5.88 Å². The summed E-state index contributed by atoms with van der Waals surface area (Å²) in [6, 6.07) is 12.0. The molecule has 29 heavy (non-hydrogen) atoms. The van der Waals surface area contributed by atoms with Crippen LogP contribution in [0.4, 0.5) is 0 Å². The first-order valence-corrected chi connectivity index (χ1v) is 8.82. The van der Waals surface area contributed by atoms with E-state index in [1.807, 2.05) is 6.07 Å². The monoisotopic (exact) mass is 389 g/mol. The van der Waals surface area contributed by atoms with E-state index in [4.69, 9.17) is 9.15 Å². The molecule has 4 rings (SSSR count). The van der Waals surface area contributed by atoms with E-state index in [-0.39, 0.29) is 35.9 Å². The third-order valence-corrected chi connectivity index (χ3v) is 4.65. The summed E-state index contributed by atoms with van der Waals surface area (Å²) in [5.74, 6) is -1.13. The minimum atomic E-state index is -0.752. The van der Waals surface area contributed by atoms with Crippen LogP contribution in [0.5, 0.6) is 0 Å². The highest BCUT2D eigenvalue weighted by molar-refractivity contribution is 6.21. The number of rotatable bonds is 5. The van der Waals surface area contributed by atoms with Gasteiger partial charge in [0.15, 0.2) is 0 Å². The van der Waals surface area contributed by atoms with Crippen molar-refractivity contribution in [1.82, 2.24) is 9.47 Å². The Morgan fingerprint density at radius 1 is 1.10 bits per heavy atom. The Kier molecular flexibility index (Phi) is 4.49. The van der Waals surface area contributed by atoms with Gasteiger partial charge >= 0.3 is 5.97 Å². The van der Waals surface area contributed by atoms with E-state index in [1.54, 1.807) is 60.3 Å². The van der Waals surface area contributed by atoms with Crippen LogP contribution < -0.4 is 0 Å². The molecule has 0 spiro atoms. The van der Waals surface area contributed by atoms with Gasteiger partial charge in [-0.1, -0.05) is 12.1 Å². The van der Waals surface area contributed by atoms with Gasteiger partial charge in [0.05, 0.1) is 17.7 Å². The molecule has 1 aliphatic heterocycles. The zero-order valence-electron chi connectivity index (χ0n) is 15.4. The number of carbonyl (C=O) groups is 3. The molecule has 0 radical (unpaired) electrons. The molecule has 1 aromatic carbocycles. The molecule has 8 heteroatoms. The Labute approximate surface area is 165 Å². The minimum Gasteiger partial charge on any atom is -0.460 e. The summed E-state index contributed by atoms with van der Waals surface area (Å²) in [4.78, 5) is 38.3. The molecular formula is C21H15N3O5. The number of carbonyl (C=O) groups excluding carboxylic acids is 3.